The summed E-state index contributed by atoms with van der Waals surface area (Å²) in [5.41, 5.74) is 0. The lowest BCUT2D eigenvalue weighted by molar-refractivity contribution is 0.738. The Balaban J connectivity index is 2.27. The smallest absolute Gasteiger partial charge is 0.147 e. The van der Waals surface area contributed by atoms with Gasteiger partial charge in [0.25, 0.3) is 0 Å². The molecule has 1 atom stereocenters. The van der Waals surface area contributed by atoms with Crippen molar-refractivity contribution in [2.45, 2.75) is 19.4 Å². The number of nitrogens with one attached hydrogen (secondary N) is 2. The molecule has 0 radical (unpaired) electrons. The Kier molecular flexibility index (Phi) is 4.85. The predicted molar refractivity (Wildman–Crippen MR) is 82.6 cm³/mol. The number of aromatic nitrogens is 2. The van der Waals surface area contributed by atoms with E-state index in [0.29, 0.717) is 21.7 Å². The molecule has 2 heterocycles. The Morgan fingerprint density at radius 3 is 2.63 bits per heavy atom. The molecule has 0 aliphatic carbocycles. The minimum atomic E-state index is 0.0934. The van der Waals surface area contributed by atoms with Crippen molar-refractivity contribution in [1.82, 2.24) is 9.97 Å². The number of nitrogens with zero attached hydrogens (tertiary/aromatic N) is 2. The van der Waals surface area contributed by atoms with Crippen molar-refractivity contribution in [2.24, 2.45) is 0 Å². The Bertz CT molecular complexity index is 545. The third-order valence-corrected chi connectivity index (χ3v) is 4.10. The molecule has 0 amide bonds. The molecule has 0 spiro atoms. The standard InChI is InChI=1S/C12H14Cl2N4S/c1-3-9(12-16-4-5-19-12)17-11-8(14)6-7(13)10(15-2)18-11/h4-6,9H,3H2,1-2H3,(H2,15,17,18). The minimum Gasteiger partial charge on any atom is -0.372 e. The highest BCUT2D eigenvalue weighted by Gasteiger charge is 2.15. The topological polar surface area (TPSA) is 49.8 Å². The molecule has 0 aliphatic heterocycles. The normalized spacial score (nSPS) is 12.2. The van der Waals surface area contributed by atoms with E-state index in [1.54, 1.807) is 30.6 Å². The maximum Gasteiger partial charge on any atom is 0.147 e. The molecule has 7 heteroatoms. The molecule has 1 unspecified atom stereocenters. The number of pyridine rings is 1. The molecule has 2 N–H and O–H groups in total. The van der Waals surface area contributed by atoms with E-state index in [1.165, 1.54) is 0 Å². The summed E-state index contributed by atoms with van der Waals surface area (Å²) < 4.78 is 0. The quantitative estimate of drug-likeness (QED) is 0.855. The third kappa shape index (κ3) is 3.29. The van der Waals surface area contributed by atoms with E-state index in [0.717, 1.165) is 11.4 Å². The van der Waals surface area contributed by atoms with E-state index < -0.39 is 0 Å². The van der Waals surface area contributed by atoms with Gasteiger partial charge in [0.2, 0.25) is 0 Å². The third-order valence-electron chi connectivity index (χ3n) is 2.64. The molecular formula is C12H14Cl2N4S. The average Bonchev–Trinajstić information content (AvgIpc) is 2.92. The highest BCUT2D eigenvalue weighted by atomic mass is 35.5. The second kappa shape index (κ2) is 6.41. The molecule has 19 heavy (non-hydrogen) atoms. The molecule has 102 valence electrons. The van der Waals surface area contributed by atoms with E-state index >= 15 is 0 Å². The molecule has 0 saturated heterocycles. The van der Waals surface area contributed by atoms with Crippen molar-refractivity contribution >= 4 is 46.2 Å². The van der Waals surface area contributed by atoms with Crippen LogP contribution in [0.15, 0.2) is 17.6 Å². The fourth-order valence-corrected chi connectivity index (χ4v) is 2.93. The zero-order valence-electron chi connectivity index (χ0n) is 10.6. The van der Waals surface area contributed by atoms with Crippen LogP contribution in [0.25, 0.3) is 0 Å². The number of rotatable bonds is 5. The lowest BCUT2D eigenvalue weighted by atomic mass is 10.2. The van der Waals surface area contributed by atoms with Gasteiger partial charge >= 0.3 is 0 Å². The molecule has 0 fully saturated rings. The number of thiazole rings is 1. The van der Waals surface area contributed by atoms with Crippen LogP contribution >= 0.6 is 34.5 Å². The molecular weight excluding hydrogens is 303 g/mol. The van der Waals surface area contributed by atoms with Crippen LogP contribution in [0.2, 0.25) is 10.0 Å². The lowest BCUT2D eigenvalue weighted by Gasteiger charge is -2.17. The van der Waals surface area contributed by atoms with Crippen molar-refractivity contribution in [3.8, 4) is 0 Å². The molecule has 4 nitrogen and oxygen atoms in total. The van der Waals surface area contributed by atoms with Crippen molar-refractivity contribution in [3.05, 3.63) is 32.7 Å². The van der Waals surface area contributed by atoms with Gasteiger partial charge in [-0.3, -0.25) is 0 Å². The lowest BCUT2D eigenvalue weighted by Crippen LogP contribution is -2.11. The van der Waals surface area contributed by atoms with Crippen LogP contribution in [-0.2, 0) is 0 Å². The van der Waals surface area contributed by atoms with Crippen LogP contribution < -0.4 is 10.6 Å². The second-order valence-electron chi connectivity index (χ2n) is 3.87. The molecule has 0 aliphatic rings. The largest absolute Gasteiger partial charge is 0.372 e. The van der Waals surface area contributed by atoms with Crippen LogP contribution in [0, 0.1) is 0 Å². The second-order valence-corrected chi connectivity index (χ2v) is 5.62. The van der Waals surface area contributed by atoms with Crippen molar-refractivity contribution < 1.29 is 0 Å². The fourth-order valence-electron chi connectivity index (χ4n) is 1.65. The first kappa shape index (κ1) is 14.4. The average molecular weight is 317 g/mol. The van der Waals surface area contributed by atoms with Crippen LogP contribution in [0.3, 0.4) is 0 Å². The summed E-state index contributed by atoms with van der Waals surface area (Å²) in [6, 6.07) is 1.77. The molecule has 2 rings (SSSR count). The van der Waals surface area contributed by atoms with Gasteiger partial charge in [-0.1, -0.05) is 30.1 Å². The summed E-state index contributed by atoms with van der Waals surface area (Å²) in [4.78, 5) is 8.70. The highest BCUT2D eigenvalue weighted by molar-refractivity contribution is 7.09. The van der Waals surface area contributed by atoms with E-state index in [-0.39, 0.29) is 6.04 Å². The van der Waals surface area contributed by atoms with Crippen LogP contribution in [0.5, 0.6) is 0 Å². The molecule has 0 saturated carbocycles. The Morgan fingerprint density at radius 1 is 1.32 bits per heavy atom. The number of hydrogen-bond donors (Lipinski definition) is 2. The summed E-state index contributed by atoms with van der Waals surface area (Å²) >= 11 is 13.8. The van der Waals surface area contributed by atoms with Gasteiger partial charge < -0.3 is 10.6 Å². The van der Waals surface area contributed by atoms with Crippen LogP contribution in [0.4, 0.5) is 11.6 Å². The van der Waals surface area contributed by atoms with E-state index in [4.69, 9.17) is 23.2 Å². The zero-order chi connectivity index (χ0) is 13.8. The SMILES string of the molecule is CCC(Nc1nc(NC)c(Cl)cc1Cl)c1nccs1. The van der Waals surface area contributed by atoms with Gasteiger partial charge in [0.1, 0.15) is 16.6 Å². The molecule has 2 aromatic rings. The Hall–Kier alpha value is -1.04. The highest BCUT2D eigenvalue weighted by Crippen LogP contribution is 2.32. The summed E-state index contributed by atoms with van der Waals surface area (Å²) in [5, 5.41) is 10.2. The fraction of sp³-hybridized carbons (Fsp3) is 0.333. The summed E-state index contributed by atoms with van der Waals surface area (Å²) in [5.74, 6) is 1.21. The van der Waals surface area contributed by atoms with Gasteiger partial charge in [-0.25, -0.2) is 9.97 Å². The first-order valence-corrected chi connectivity index (χ1v) is 7.49. The molecule has 0 bridgehead atoms. The van der Waals surface area contributed by atoms with Gasteiger partial charge in [0.05, 0.1) is 16.1 Å². The number of hydrogen-bond acceptors (Lipinski definition) is 5. The van der Waals surface area contributed by atoms with Crippen molar-refractivity contribution in [1.29, 1.82) is 0 Å². The monoisotopic (exact) mass is 316 g/mol. The summed E-state index contributed by atoms with van der Waals surface area (Å²) in [6.45, 7) is 2.09. The maximum atomic E-state index is 6.17. The van der Waals surface area contributed by atoms with Crippen molar-refractivity contribution in [3.63, 3.8) is 0 Å². The zero-order valence-corrected chi connectivity index (χ0v) is 12.9. The minimum absolute atomic E-state index is 0.0934. The Labute approximate surface area is 126 Å². The maximum absolute atomic E-state index is 6.17. The van der Waals surface area contributed by atoms with Crippen LogP contribution in [0.1, 0.15) is 24.4 Å². The Morgan fingerprint density at radius 2 is 2.05 bits per heavy atom. The van der Waals surface area contributed by atoms with E-state index in [1.807, 2.05) is 5.38 Å². The number of halogens is 2. The summed E-state index contributed by atoms with van der Waals surface area (Å²) in [6.07, 6.45) is 2.68. The first-order valence-electron chi connectivity index (χ1n) is 5.85. The van der Waals surface area contributed by atoms with E-state index in [2.05, 4.69) is 27.5 Å². The van der Waals surface area contributed by atoms with Gasteiger partial charge in [0, 0.05) is 18.6 Å². The van der Waals surface area contributed by atoms with Gasteiger partial charge in [-0.05, 0) is 12.5 Å². The first-order chi connectivity index (χ1) is 9.15. The number of anilines is 2. The van der Waals surface area contributed by atoms with Gasteiger partial charge in [0.15, 0.2) is 0 Å². The summed E-state index contributed by atoms with van der Waals surface area (Å²) in [7, 11) is 1.77. The molecule has 0 aromatic carbocycles. The van der Waals surface area contributed by atoms with Crippen molar-refractivity contribution in [2.75, 3.05) is 17.7 Å². The van der Waals surface area contributed by atoms with Gasteiger partial charge in [-0.2, -0.15) is 0 Å². The van der Waals surface area contributed by atoms with Crippen LogP contribution in [-0.4, -0.2) is 17.0 Å². The van der Waals surface area contributed by atoms with E-state index in [9.17, 15) is 0 Å². The predicted octanol–water partition coefficient (Wildman–Crippen LogP) is 4.45. The van der Waals surface area contributed by atoms with Gasteiger partial charge in [-0.15, -0.1) is 11.3 Å². The molecule has 2 aromatic heterocycles.